The molecule has 0 heterocycles. The van der Waals surface area contributed by atoms with Gasteiger partial charge >= 0.3 is 12.0 Å². The van der Waals surface area contributed by atoms with Crippen molar-refractivity contribution in [3.05, 3.63) is 24.3 Å². The van der Waals surface area contributed by atoms with Crippen molar-refractivity contribution in [3.8, 4) is 5.75 Å². The number of thioether (sulfide) groups is 1. The fourth-order valence-corrected chi connectivity index (χ4v) is 2.12. The Bertz CT molecular complexity index is 482. The van der Waals surface area contributed by atoms with Gasteiger partial charge in [0.25, 0.3) is 0 Å². The maximum Gasteiger partial charge on any atom is 0.328 e. The molecule has 0 saturated heterocycles. The van der Waals surface area contributed by atoms with Crippen molar-refractivity contribution in [1.82, 2.24) is 5.32 Å². The van der Waals surface area contributed by atoms with Gasteiger partial charge in [-0.15, -0.1) is 0 Å². The van der Waals surface area contributed by atoms with E-state index in [1.807, 2.05) is 6.26 Å². The van der Waals surface area contributed by atoms with Crippen molar-refractivity contribution in [2.24, 2.45) is 0 Å². The number of hydrogen-bond donors (Lipinski definition) is 2. The summed E-state index contributed by atoms with van der Waals surface area (Å²) >= 11 is 1.60. The second kappa shape index (κ2) is 9.12. The third-order valence-corrected chi connectivity index (χ3v) is 3.37. The van der Waals surface area contributed by atoms with Crippen LogP contribution >= 0.6 is 11.8 Å². The van der Waals surface area contributed by atoms with E-state index in [2.05, 4.69) is 15.4 Å². The number of urea groups is 1. The van der Waals surface area contributed by atoms with Crippen LogP contribution in [0.25, 0.3) is 0 Å². The van der Waals surface area contributed by atoms with Crippen LogP contribution in [0.5, 0.6) is 5.75 Å². The molecule has 0 aliphatic rings. The maximum atomic E-state index is 11.9. The number of benzene rings is 1. The minimum atomic E-state index is -0.659. The summed E-state index contributed by atoms with van der Waals surface area (Å²) in [5, 5.41) is 5.27. The van der Waals surface area contributed by atoms with E-state index in [4.69, 9.17) is 4.74 Å². The molecule has 1 aromatic carbocycles. The smallest absolute Gasteiger partial charge is 0.328 e. The number of ether oxygens (including phenoxy) is 2. The van der Waals surface area contributed by atoms with Crippen LogP contribution in [-0.4, -0.2) is 44.3 Å². The first kappa shape index (κ1) is 17.2. The first-order valence-electron chi connectivity index (χ1n) is 6.39. The molecule has 6 nitrogen and oxygen atoms in total. The molecule has 0 fully saturated rings. The Labute approximate surface area is 128 Å². The number of anilines is 1. The molecule has 0 aromatic heterocycles. The first-order valence-corrected chi connectivity index (χ1v) is 7.78. The number of nitrogens with one attached hydrogen (secondary N) is 2. The summed E-state index contributed by atoms with van der Waals surface area (Å²) in [4.78, 5) is 23.5. The lowest BCUT2D eigenvalue weighted by molar-refractivity contribution is -0.142. The molecule has 0 radical (unpaired) electrons. The second-order valence-corrected chi connectivity index (χ2v) is 5.17. The van der Waals surface area contributed by atoms with Crippen molar-refractivity contribution in [2.45, 2.75) is 12.5 Å². The van der Waals surface area contributed by atoms with Gasteiger partial charge in [-0.05, 0) is 30.6 Å². The molecule has 0 aliphatic carbocycles. The highest BCUT2D eigenvalue weighted by molar-refractivity contribution is 7.98. The van der Waals surface area contributed by atoms with Crippen LogP contribution in [-0.2, 0) is 9.53 Å². The third-order valence-electron chi connectivity index (χ3n) is 2.73. The van der Waals surface area contributed by atoms with Crippen LogP contribution in [0.1, 0.15) is 6.42 Å². The van der Waals surface area contributed by atoms with Crippen molar-refractivity contribution < 1.29 is 19.1 Å². The van der Waals surface area contributed by atoms with Gasteiger partial charge in [0.15, 0.2) is 0 Å². The quantitative estimate of drug-likeness (QED) is 0.754. The minimum absolute atomic E-state index is 0.454. The second-order valence-electron chi connectivity index (χ2n) is 4.19. The lowest BCUT2D eigenvalue weighted by Gasteiger charge is -2.16. The molecule has 2 N–H and O–H groups in total. The molecule has 1 unspecified atom stereocenters. The fraction of sp³-hybridized carbons (Fsp3) is 0.429. The van der Waals surface area contributed by atoms with Crippen LogP contribution in [0.15, 0.2) is 24.3 Å². The molecule has 0 aliphatic heterocycles. The normalized spacial score (nSPS) is 11.4. The van der Waals surface area contributed by atoms with E-state index in [0.717, 1.165) is 5.75 Å². The van der Waals surface area contributed by atoms with Crippen molar-refractivity contribution >= 4 is 29.4 Å². The first-order chi connectivity index (χ1) is 10.1. The molecule has 1 atom stereocenters. The fourth-order valence-electron chi connectivity index (χ4n) is 1.65. The van der Waals surface area contributed by atoms with Crippen LogP contribution < -0.4 is 15.4 Å². The predicted molar refractivity (Wildman–Crippen MR) is 84.0 cm³/mol. The SMILES string of the molecule is COC(=O)C(CCSC)NC(=O)Nc1cccc(OC)c1. The zero-order valence-corrected chi connectivity index (χ0v) is 13.2. The van der Waals surface area contributed by atoms with Gasteiger partial charge in [0.2, 0.25) is 0 Å². The number of amides is 2. The highest BCUT2D eigenvalue weighted by Crippen LogP contribution is 2.16. The molecule has 1 rings (SSSR count). The lowest BCUT2D eigenvalue weighted by Crippen LogP contribution is -2.44. The van der Waals surface area contributed by atoms with Gasteiger partial charge in [-0.3, -0.25) is 0 Å². The largest absolute Gasteiger partial charge is 0.497 e. The average molecular weight is 312 g/mol. The molecular formula is C14H20N2O4S. The molecule has 2 amide bonds. The number of hydrogen-bond acceptors (Lipinski definition) is 5. The molecule has 116 valence electrons. The number of methoxy groups -OCH3 is 2. The Morgan fingerprint density at radius 2 is 2.10 bits per heavy atom. The minimum Gasteiger partial charge on any atom is -0.497 e. The van der Waals surface area contributed by atoms with Crippen LogP contribution in [0, 0.1) is 0 Å². The van der Waals surface area contributed by atoms with Crippen LogP contribution in [0.4, 0.5) is 10.5 Å². The molecule has 21 heavy (non-hydrogen) atoms. The number of rotatable bonds is 7. The van der Waals surface area contributed by atoms with Gasteiger partial charge in [-0.1, -0.05) is 6.07 Å². The van der Waals surface area contributed by atoms with E-state index >= 15 is 0 Å². The Morgan fingerprint density at radius 1 is 1.33 bits per heavy atom. The summed E-state index contributed by atoms with van der Waals surface area (Å²) in [6.07, 6.45) is 2.45. The van der Waals surface area contributed by atoms with Gasteiger partial charge in [0, 0.05) is 11.8 Å². The van der Waals surface area contributed by atoms with Crippen molar-refractivity contribution in [2.75, 3.05) is 31.5 Å². The Balaban J connectivity index is 2.61. The van der Waals surface area contributed by atoms with Gasteiger partial charge < -0.3 is 20.1 Å². The van der Waals surface area contributed by atoms with E-state index in [-0.39, 0.29) is 0 Å². The molecule has 1 aromatic rings. The molecule has 0 spiro atoms. The van der Waals surface area contributed by atoms with E-state index < -0.39 is 18.0 Å². The molecule has 0 bridgehead atoms. The predicted octanol–water partition coefficient (Wildman–Crippen LogP) is 2.11. The summed E-state index contributed by atoms with van der Waals surface area (Å²) in [7, 11) is 2.85. The van der Waals surface area contributed by atoms with E-state index in [1.54, 1.807) is 43.1 Å². The maximum absolute atomic E-state index is 11.9. The zero-order chi connectivity index (χ0) is 15.7. The van der Waals surface area contributed by atoms with Crippen molar-refractivity contribution in [1.29, 1.82) is 0 Å². The van der Waals surface area contributed by atoms with Gasteiger partial charge in [-0.2, -0.15) is 11.8 Å². The van der Waals surface area contributed by atoms with Gasteiger partial charge in [0.1, 0.15) is 11.8 Å². The number of carbonyl (C=O) groups excluding carboxylic acids is 2. The van der Waals surface area contributed by atoms with Gasteiger partial charge in [-0.25, -0.2) is 9.59 Å². The van der Waals surface area contributed by atoms with Crippen molar-refractivity contribution in [3.63, 3.8) is 0 Å². The monoisotopic (exact) mass is 312 g/mol. The summed E-state index contributed by atoms with van der Waals surface area (Å²) in [5.41, 5.74) is 0.584. The number of carbonyl (C=O) groups is 2. The third kappa shape index (κ3) is 5.95. The van der Waals surface area contributed by atoms with Crippen LogP contribution in [0.3, 0.4) is 0 Å². The summed E-state index contributed by atoms with van der Waals surface area (Å²) in [6.45, 7) is 0. The Hall–Kier alpha value is -1.89. The molecule has 0 saturated carbocycles. The topological polar surface area (TPSA) is 76.7 Å². The van der Waals surface area contributed by atoms with Crippen LogP contribution in [0.2, 0.25) is 0 Å². The van der Waals surface area contributed by atoms with E-state index in [1.165, 1.54) is 7.11 Å². The van der Waals surface area contributed by atoms with Gasteiger partial charge in [0.05, 0.1) is 14.2 Å². The standard InChI is InChI=1S/C14H20N2O4S/c1-19-11-6-4-5-10(9-11)15-14(18)16-12(7-8-21-3)13(17)20-2/h4-6,9,12H,7-8H2,1-3H3,(H2,15,16,18). The summed E-state index contributed by atoms with van der Waals surface area (Å²) in [5.74, 6) is 0.934. The Morgan fingerprint density at radius 3 is 2.71 bits per heavy atom. The van der Waals surface area contributed by atoms with E-state index in [0.29, 0.717) is 17.9 Å². The highest BCUT2D eigenvalue weighted by Gasteiger charge is 2.20. The lowest BCUT2D eigenvalue weighted by atomic mass is 10.2. The van der Waals surface area contributed by atoms with E-state index in [9.17, 15) is 9.59 Å². The summed E-state index contributed by atoms with van der Waals surface area (Å²) < 4.78 is 9.76. The Kier molecular flexibility index (Phi) is 7.45. The molecular weight excluding hydrogens is 292 g/mol. The highest BCUT2D eigenvalue weighted by atomic mass is 32.2. The average Bonchev–Trinajstić information content (AvgIpc) is 2.50. The number of esters is 1. The molecule has 7 heteroatoms. The summed E-state index contributed by atoms with van der Waals surface area (Å²) in [6, 6.07) is 5.85. The zero-order valence-electron chi connectivity index (χ0n) is 12.3.